The Balaban J connectivity index is 1.65. The monoisotopic (exact) mass is 358 g/mol. The van der Waals surface area contributed by atoms with Crippen LogP contribution in [-0.4, -0.2) is 44.1 Å². The second kappa shape index (κ2) is 9.36. The highest BCUT2D eigenvalue weighted by Gasteiger charge is 2.21. The highest BCUT2D eigenvalue weighted by molar-refractivity contribution is 6.35. The molecular weight excluding hydrogens is 335 g/mol. The number of hydrogen-bond donors (Lipinski definition) is 1. The number of benzene rings is 1. The number of carbonyl (C=O) groups is 1. The maximum absolute atomic E-state index is 12.2. The number of nitrogens with one attached hydrogen (secondary N) is 1. The predicted molar refractivity (Wildman–Crippen MR) is 94.4 cm³/mol. The normalized spacial score (nSPS) is 15.7. The van der Waals surface area contributed by atoms with Crippen LogP contribution in [0.4, 0.5) is 0 Å². The Morgan fingerprint density at radius 3 is 2.74 bits per heavy atom. The Morgan fingerprint density at radius 1 is 1.35 bits per heavy atom. The number of likely N-dealkylation sites (tertiary alicyclic amines) is 1. The molecule has 0 spiro atoms. The molecule has 0 atom stereocenters. The fourth-order valence-electron chi connectivity index (χ4n) is 2.83. The van der Waals surface area contributed by atoms with Gasteiger partial charge in [0.2, 0.25) is 5.91 Å². The van der Waals surface area contributed by atoms with Crippen LogP contribution >= 0.6 is 23.2 Å². The van der Waals surface area contributed by atoms with E-state index in [4.69, 9.17) is 27.9 Å². The Bertz CT molecular complexity index is 517. The number of ether oxygens (including phenoxy) is 1. The minimum Gasteiger partial charge on any atom is -0.492 e. The fourth-order valence-corrected chi connectivity index (χ4v) is 3.29. The molecule has 6 heteroatoms. The zero-order valence-corrected chi connectivity index (χ0v) is 15.0. The Labute approximate surface area is 148 Å². The molecule has 0 bridgehead atoms. The zero-order valence-electron chi connectivity index (χ0n) is 13.5. The van der Waals surface area contributed by atoms with Crippen molar-refractivity contribution in [1.82, 2.24) is 10.2 Å². The van der Waals surface area contributed by atoms with Crippen LogP contribution in [0.3, 0.4) is 0 Å². The second-order valence-corrected chi connectivity index (χ2v) is 6.75. The van der Waals surface area contributed by atoms with E-state index in [1.807, 2.05) is 11.9 Å². The van der Waals surface area contributed by atoms with Crippen LogP contribution in [0.1, 0.15) is 25.7 Å². The van der Waals surface area contributed by atoms with Gasteiger partial charge >= 0.3 is 0 Å². The maximum atomic E-state index is 12.2. The summed E-state index contributed by atoms with van der Waals surface area (Å²) in [5.74, 6) is 1.52. The van der Waals surface area contributed by atoms with Crippen molar-refractivity contribution >= 4 is 29.1 Å². The van der Waals surface area contributed by atoms with Crippen LogP contribution in [0.25, 0.3) is 0 Å². The lowest BCUT2D eigenvalue weighted by Gasteiger charge is -2.32. The number of halogens is 2. The van der Waals surface area contributed by atoms with E-state index in [9.17, 15) is 4.79 Å². The van der Waals surface area contributed by atoms with Gasteiger partial charge in [-0.15, -0.1) is 0 Å². The van der Waals surface area contributed by atoms with Crippen LogP contribution in [0.5, 0.6) is 5.75 Å². The van der Waals surface area contributed by atoms with Gasteiger partial charge in [-0.2, -0.15) is 0 Å². The van der Waals surface area contributed by atoms with Gasteiger partial charge < -0.3 is 15.0 Å². The SMILES string of the molecule is CNCC1CCN(C(=O)CCCOc2ccc(Cl)cc2Cl)CC1. The summed E-state index contributed by atoms with van der Waals surface area (Å²) in [5, 5.41) is 4.29. The Morgan fingerprint density at radius 2 is 2.09 bits per heavy atom. The summed E-state index contributed by atoms with van der Waals surface area (Å²) < 4.78 is 5.61. The molecule has 1 aromatic rings. The minimum absolute atomic E-state index is 0.221. The highest BCUT2D eigenvalue weighted by Crippen LogP contribution is 2.27. The van der Waals surface area contributed by atoms with Crippen molar-refractivity contribution in [1.29, 1.82) is 0 Å². The molecule has 23 heavy (non-hydrogen) atoms. The lowest BCUT2D eigenvalue weighted by atomic mass is 9.96. The molecule has 1 aliphatic rings. The van der Waals surface area contributed by atoms with Crippen LogP contribution in [0, 0.1) is 5.92 Å². The van der Waals surface area contributed by atoms with Crippen molar-refractivity contribution in [2.24, 2.45) is 5.92 Å². The quantitative estimate of drug-likeness (QED) is 0.757. The molecule has 0 unspecified atom stereocenters. The van der Waals surface area contributed by atoms with Gasteiger partial charge in [-0.1, -0.05) is 23.2 Å². The molecule has 4 nitrogen and oxygen atoms in total. The smallest absolute Gasteiger partial charge is 0.222 e. The van der Waals surface area contributed by atoms with Gasteiger partial charge in [0.1, 0.15) is 5.75 Å². The summed E-state index contributed by atoms with van der Waals surface area (Å²) in [7, 11) is 1.98. The number of rotatable bonds is 7. The molecule has 1 aliphatic heterocycles. The summed E-state index contributed by atoms with van der Waals surface area (Å²) in [6.07, 6.45) is 3.38. The van der Waals surface area contributed by atoms with Crippen molar-refractivity contribution < 1.29 is 9.53 Å². The third-order valence-corrected chi connectivity index (χ3v) is 4.68. The summed E-state index contributed by atoms with van der Waals surface area (Å²) in [5.41, 5.74) is 0. The number of amides is 1. The summed E-state index contributed by atoms with van der Waals surface area (Å²) in [6, 6.07) is 5.14. The van der Waals surface area contributed by atoms with Crippen LogP contribution in [0.15, 0.2) is 18.2 Å². The molecule has 1 fully saturated rings. The predicted octanol–water partition coefficient (Wildman–Crippen LogP) is 3.61. The molecule has 0 saturated carbocycles. The Kier molecular flexibility index (Phi) is 7.47. The van der Waals surface area contributed by atoms with Gasteiger partial charge in [0.05, 0.1) is 11.6 Å². The Hall–Kier alpha value is -0.970. The number of piperidine rings is 1. The van der Waals surface area contributed by atoms with Crippen molar-refractivity contribution in [3.63, 3.8) is 0 Å². The lowest BCUT2D eigenvalue weighted by molar-refractivity contribution is -0.132. The topological polar surface area (TPSA) is 41.6 Å². The van der Waals surface area contributed by atoms with E-state index in [1.54, 1.807) is 18.2 Å². The largest absolute Gasteiger partial charge is 0.492 e. The van der Waals surface area contributed by atoms with E-state index in [1.165, 1.54) is 0 Å². The highest BCUT2D eigenvalue weighted by atomic mass is 35.5. The number of hydrogen-bond acceptors (Lipinski definition) is 3. The first-order valence-electron chi connectivity index (χ1n) is 8.10. The number of carbonyl (C=O) groups excluding carboxylic acids is 1. The summed E-state index contributed by atoms with van der Waals surface area (Å²) >= 11 is 11.9. The second-order valence-electron chi connectivity index (χ2n) is 5.91. The molecule has 128 valence electrons. The van der Waals surface area contributed by atoms with Crippen LogP contribution < -0.4 is 10.1 Å². The first-order valence-corrected chi connectivity index (χ1v) is 8.86. The van der Waals surface area contributed by atoms with Gasteiger partial charge in [-0.05, 0) is 57.0 Å². The molecule has 1 N–H and O–H groups in total. The van der Waals surface area contributed by atoms with E-state index in [2.05, 4.69) is 5.32 Å². The molecular formula is C17H24Cl2N2O2. The van der Waals surface area contributed by atoms with Gasteiger partial charge in [-0.3, -0.25) is 4.79 Å². The minimum atomic E-state index is 0.221. The molecule has 0 aromatic heterocycles. The van der Waals surface area contributed by atoms with Crippen LogP contribution in [-0.2, 0) is 4.79 Å². The molecule has 0 radical (unpaired) electrons. The fraction of sp³-hybridized carbons (Fsp3) is 0.588. The average Bonchev–Trinajstić information content (AvgIpc) is 2.54. The van der Waals surface area contributed by atoms with Crippen molar-refractivity contribution in [3.8, 4) is 5.75 Å². The zero-order chi connectivity index (χ0) is 16.7. The number of nitrogens with zero attached hydrogens (tertiary/aromatic N) is 1. The standard InChI is InChI=1S/C17H24Cl2N2O2/c1-20-12-13-6-8-21(9-7-13)17(22)3-2-10-23-16-5-4-14(18)11-15(16)19/h4-5,11,13,20H,2-3,6-10,12H2,1H3. The van der Waals surface area contributed by atoms with Crippen molar-refractivity contribution in [3.05, 3.63) is 28.2 Å². The molecule has 1 aromatic carbocycles. The maximum Gasteiger partial charge on any atom is 0.222 e. The van der Waals surface area contributed by atoms with Crippen molar-refractivity contribution in [2.75, 3.05) is 33.3 Å². The first kappa shape index (κ1) is 18.4. The lowest BCUT2D eigenvalue weighted by Crippen LogP contribution is -2.40. The van der Waals surface area contributed by atoms with Gasteiger partial charge in [0.25, 0.3) is 0 Å². The van der Waals surface area contributed by atoms with Crippen molar-refractivity contribution in [2.45, 2.75) is 25.7 Å². The molecule has 1 saturated heterocycles. The third kappa shape index (κ3) is 5.87. The van der Waals surface area contributed by atoms with Gasteiger partial charge in [0, 0.05) is 24.5 Å². The van der Waals surface area contributed by atoms with E-state index in [-0.39, 0.29) is 5.91 Å². The van der Waals surface area contributed by atoms with Gasteiger partial charge in [-0.25, -0.2) is 0 Å². The third-order valence-electron chi connectivity index (χ3n) is 4.15. The average molecular weight is 359 g/mol. The van der Waals surface area contributed by atoms with E-state index in [0.29, 0.717) is 41.2 Å². The first-order chi connectivity index (χ1) is 11.1. The molecule has 1 heterocycles. The van der Waals surface area contributed by atoms with E-state index < -0.39 is 0 Å². The van der Waals surface area contributed by atoms with E-state index in [0.717, 1.165) is 32.5 Å². The summed E-state index contributed by atoms with van der Waals surface area (Å²) in [4.78, 5) is 14.2. The molecule has 2 rings (SSSR count). The molecule has 0 aliphatic carbocycles. The molecule has 1 amide bonds. The van der Waals surface area contributed by atoms with Crippen LogP contribution in [0.2, 0.25) is 10.0 Å². The summed E-state index contributed by atoms with van der Waals surface area (Å²) in [6.45, 7) is 3.26. The van der Waals surface area contributed by atoms with E-state index >= 15 is 0 Å². The van der Waals surface area contributed by atoms with Gasteiger partial charge in [0.15, 0.2) is 0 Å².